The van der Waals surface area contributed by atoms with E-state index in [-0.39, 0.29) is 10.7 Å². The van der Waals surface area contributed by atoms with Gasteiger partial charge in [-0.1, -0.05) is 5.16 Å². The molecule has 1 aromatic heterocycles. The van der Waals surface area contributed by atoms with Gasteiger partial charge in [-0.15, -0.1) is 0 Å². The third-order valence-corrected chi connectivity index (χ3v) is 4.95. The summed E-state index contributed by atoms with van der Waals surface area (Å²) in [6.45, 7) is 5.04. The maximum atomic E-state index is 12.3. The number of hydrogen-bond donors (Lipinski definition) is 1. The van der Waals surface area contributed by atoms with Gasteiger partial charge in [-0.25, -0.2) is 8.42 Å². The van der Waals surface area contributed by atoms with Gasteiger partial charge in [0.25, 0.3) is 10.0 Å². The van der Waals surface area contributed by atoms with Gasteiger partial charge in [0.05, 0.1) is 5.69 Å². The number of hydrogen-bond acceptors (Lipinski definition) is 4. The molecule has 0 amide bonds. The Morgan fingerprint density at radius 1 is 1.26 bits per heavy atom. The van der Waals surface area contributed by atoms with Crippen LogP contribution in [0.15, 0.2) is 27.6 Å². The highest BCUT2D eigenvalue weighted by atomic mass is 127. The van der Waals surface area contributed by atoms with Crippen LogP contribution >= 0.6 is 22.6 Å². The second kappa shape index (κ2) is 5.12. The van der Waals surface area contributed by atoms with Crippen LogP contribution in [0.5, 0.6) is 0 Å². The highest BCUT2D eigenvalue weighted by Gasteiger charge is 2.24. The quantitative estimate of drug-likeness (QED) is 0.816. The zero-order valence-corrected chi connectivity index (χ0v) is 13.7. The number of sulfonamides is 1. The summed E-state index contributed by atoms with van der Waals surface area (Å²) < 4.78 is 33.2. The highest BCUT2D eigenvalue weighted by Crippen LogP contribution is 2.24. The van der Waals surface area contributed by atoms with Gasteiger partial charge in [-0.2, -0.15) is 0 Å². The minimum Gasteiger partial charge on any atom is -0.360 e. The molecular formula is C12H13IN2O3S. The number of anilines is 1. The molecule has 2 aromatic rings. The second-order valence-electron chi connectivity index (χ2n) is 4.22. The van der Waals surface area contributed by atoms with E-state index in [0.717, 1.165) is 9.13 Å². The molecule has 0 fully saturated rings. The normalized spacial score (nSPS) is 11.6. The summed E-state index contributed by atoms with van der Waals surface area (Å²) in [5.41, 5.74) is 1.77. The van der Waals surface area contributed by atoms with Crippen LogP contribution in [-0.4, -0.2) is 13.6 Å². The van der Waals surface area contributed by atoms with Crippen molar-refractivity contribution < 1.29 is 12.9 Å². The SMILES string of the molecule is Cc1cc(I)ccc1NS(=O)(=O)c1c(C)noc1C. The molecule has 0 spiro atoms. The summed E-state index contributed by atoms with van der Waals surface area (Å²) in [5, 5.41) is 3.67. The van der Waals surface area contributed by atoms with Crippen LogP contribution < -0.4 is 4.72 Å². The average Bonchev–Trinajstić information content (AvgIpc) is 2.63. The Kier molecular flexibility index (Phi) is 3.86. The van der Waals surface area contributed by atoms with Crippen molar-refractivity contribution in [3.05, 3.63) is 38.8 Å². The Morgan fingerprint density at radius 2 is 1.95 bits per heavy atom. The minimum absolute atomic E-state index is 0.102. The predicted octanol–water partition coefficient (Wildman–Crippen LogP) is 3.01. The van der Waals surface area contributed by atoms with Crippen LogP contribution in [0.25, 0.3) is 0 Å². The van der Waals surface area contributed by atoms with E-state index in [4.69, 9.17) is 4.52 Å². The van der Waals surface area contributed by atoms with Crippen molar-refractivity contribution in [2.45, 2.75) is 25.7 Å². The molecule has 102 valence electrons. The third-order valence-electron chi connectivity index (χ3n) is 2.67. The fraction of sp³-hybridized carbons (Fsp3) is 0.250. The smallest absolute Gasteiger partial charge is 0.267 e. The number of halogens is 1. The van der Waals surface area contributed by atoms with E-state index in [0.29, 0.717) is 11.4 Å². The number of aryl methyl sites for hydroxylation is 3. The number of benzene rings is 1. The number of aromatic nitrogens is 1. The lowest BCUT2D eigenvalue weighted by Crippen LogP contribution is -2.15. The van der Waals surface area contributed by atoms with E-state index in [1.54, 1.807) is 19.9 Å². The molecule has 0 saturated heterocycles. The fourth-order valence-corrected chi connectivity index (χ4v) is 3.91. The lowest BCUT2D eigenvalue weighted by Gasteiger charge is -2.10. The van der Waals surface area contributed by atoms with E-state index in [9.17, 15) is 8.42 Å². The van der Waals surface area contributed by atoms with Crippen molar-refractivity contribution in [2.24, 2.45) is 0 Å². The summed E-state index contributed by atoms with van der Waals surface area (Å²) in [7, 11) is -3.68. The largest absolute Gasteiger partial charge is 0.360 e. The van der Waals surface area contributed by atoms with Gasteiger partial charge in [0, 0.05) is 3.57 Å². The van der Waals surface area contributed by atoms with Crippen LogP contribution in [0.2, 0.25) is 0 Å². The van der Waals surface area contributed by atoms with Crippen molar-refractivity contribution in [1.29, 1.82) is 0 Å². The first kappa shape index (κ1) is 14.3. The molecule has 0 bridgehead atoms. The first-order chi connectivity index (χ1) is 8.81. The van der Waals surface area contributed by atoms with Crippen LogP contribution in [0.3, 0.4) is 0 Å². The molecular weight excluding hydrogens is 379 g/mol. The predicted molar refractivity (Wildman–Crippen MR) is 80.7 cm³/mol. The lowest BCUT2D eigenvalue weighted by atomic mass is 10.2. The van der Waals surface area contributed by atoms with E-state index in [1.165, 1.54) is 0 Å². The Morgan fingerprint density at radius 3 is 2.47 bits per heavy atom. The van der Waals surface area contributed by atoms with Gasteiger partial charge >= 0.3 is 0 Å². The van der Waals surface area contributed by atoms with Crippen molar-refractivity contribution >= 4 is 38.3 Å². The summed E-state index contributed by atoms with van der Waals surface area (Å²) in [5.74, 6) is 0.285. The molecule has 0 atom stereocenters. The second-order valence-corrected chi connectivity index (χ2v) is 7.08. The van der Waals surface area contributed by atoms with Gasteiger partial charge in [0.15, 0.2) is 10.7 Å². The van der Waals surface area contributed by atoms with Gasteiger partial charge in [-0.05, 0) is 67.1 Å². The Balaban J connectivity index is 2.42. The molecule has 0 aliphatic heterocycles. The molecule has 0 unspecified atom stereocenters. The molecule has 19 heavy (non-hydrogen) atoms. The molecule has 0 saturated carbocycles. The molecule has 1 N–H and O–H groups in total. The van der Waals surface area contributed by atoms with Crippen molar-refractivity contribution in [1.82, 2.24) is 5.16 Å². The number of rotatable bonds is 3. The van der Waals surface area contributed by atoms with E-state index in [1.807, 2.05) is 19.1 Å². The van der Waals surface area contributed by atoms with Crippen molar-refractivity contribution in [2.75, 3.05) is 4.72 Å². The molecule has 7 heteroatoms. The Hall–Kier alpha value is -1.09. The van der Waals surface area contributed by atoms with Crippen LogP contribution in [0.1, 0.15) is 17.0 Å². The summed E-state index contributed by atoms with van der Waals surface area (Å²) >= 11 is 2.18. The van der Waals surface area contributed by atoms with Gasteiger partial charge in [0.1, 0.15) is 5.69 Å². The molecule has 0 aliphatic carbocycles. The molecule has 5 nitrogen and oxygen atoms in total. The molecule has 2 rings (SSSR count). The molecule has 1 heterocycles. The molecule has 0 aliphatic rings. The summed E-state index contributed by atoms with van der Waals surface area (Å²) in [6, 6.07) is 5.50. The molecule has 1 aromatic carbocycles. The maximum Gasteiger partial charge on any atom is 0.267 e. The van der Waals surface area contributed by atoms with Crippen molar-refractivity contribution in [3.8, 4) is 0 Å². The zero-order valence-electron chi connectivity index (χ0n) is 10.7. The van der Waals surface area contributed by atoms with Crippen LogP contribution in [-0.2, 0) is 10.0 Å². The zero-order chi connectivity index (χ0) is 14.2. The van der Waals surface area contributed by atoms with Crippen LogP contribution in [0, 0.1) is 24.3 Å². The maximum absolute atomic E-state index is 12.3. The summed E-state index contributed by atoms with van der Waals surface area (Å²) in [6.07, 6.45) is 0. The number of nitrogens with zero attached hydrogens (tertiary/aromatic N) is 1. The van der Waals surface area contributed by atoms with Crippen molar-refractivity contribution in [3.63, 3.8) is 0 Å². The van der Waals surface area contributed by atoms with E-state index < -0.39 is 10.0 Å². The van der Waals surface area contributed by atoms with Gasteiger partial charge < -0.3 is 4.52 Å². The summed E-state index contributed by atoms with van der Waals surface area (Å²) in [4.78, 5) is 0.102. The molecule has 0 radical (unpaired) electrons. The monoisotopic (exact) mass is 392 g/mol. The standard InChI is InChI=1S/C12H13IN2O3S/c1-7-6-10(13)4-5-11(7)15-19(16,17)12-8(2)14-18-9(12)3/h4-6,15H,1-3H3. The average molecular weight is 392 g/mol. The van der Waals surface area contributed by atoms with Gasteiger partial charge in [-0.3, -0.25) is 4.72 Å². The fourth-order valence-electron chi connectivity index (χ4n) is 1.80. The minimum atomic E-state index is -3.68. The topological polar surface area (TPSA) is 72.2 Å². The van der Waals surface area contributed by atoms with E-state index >= 15 is 0 Å². The van der Waals surface area contributed by atoms with Crippen LogP contribution in [0.4, 0.5) is 5.69 Å². The van der Waals surface area contributed by atoms with E-state index in [2.05, 4.69) is 32.5 Å². The van der Waals surface area contributed by atoms with Gasteiger partial charge in [0.2, 0.25) is 0 Å². The lowest BCUT2D eigenvalue weighted by molar-refractivity contribution is 0.390. The number of nitrogens with one attached hydrogen (secondary N) is 1. The Bertz CT molecular complexity index is 703. The first-order valence-electron chi connectivity index (χ1n) is 5.53. The first-order valence-corrected chi connectivity index (χ1v) is 8.09. The third kappa shape index (κ3) is 2.92. The highest BCUT2D eigenvalue weighted by molar-refractivity contribution is 14.1. The Labute approximate surface area is 125 Å².